The van der Waals surface area contributed by atoms with Gasteiger partial charge in [0.1, 0.15) is 11.5 Å². The quantitative estimate of drug-likeness (QED) is 0.420. The highest BCUT2D eigenvalue weighted by Crippen LogP contribution is 2.40. The molecule has 1 amide bonds. The van der Waals surface area contributed by atoms with E-state index in [9.17, 15) is 14.7 Å². The Labute approximate surface area is 183 Å². The van der Waals surface area contributed by atoms with Gasteiger partial charge in [-0.15, -0.1) is 0 Å². The number of likely N-dealkylation sites (tertiary alicyclic amines) is 1. The number of Topliss-reactive ketones (excluding diaryl/α,β-unsaturated/α-hetero) is 1. The van der Waals surface area contributed by atoms with Crippen LogP contribution < -0.4 is 10.5 Å². The standard InChI is InChI=1S/C25H30N2O4/c1-25(2,3)18-10-6-16(7-11-18)21-20(23(29)24(30)27(21)15-5-14-26)22(28)17-8-12-19(31-4)13-9-17/h6-13,21,28H,5,14-15,26H2,1-4H3/b22-20-. The Morgan fingerprint density at radius 1 is 1.06 bits per heavy atom. The van der Waals surface area contributed by atoms with E-state index >= 15 is 0 Å². The van der Waals surface area contributed by atoms with Gasteiger partial charge in [0.05, 0.1) is 18.7 Å². The van der Waals surface area contributed by atoms with Gasteiger partial charge in [0.25, 0.3) is 11.7 Å². The van der Waals surface area contributed by atoms with Gasteiger partial charge in [0.15, 0.2) is 0 Å². The number of aliphatic hydroxyl groups excluding tert-OH is 1. The molecule has 1 saturated heterocycles. The number of hydrogen-bond acceptors (Lipinski definition) is 5. The summed E-state index contributed by atoms with van der Waals surface area (Å²) in [7, 11) is 1.55. The minimum absolute atomic E-state index is 0.0248. The molecule has 1 atom stereocenters. The Bertz CT molecular complexity index is 986. The van der Waals surface area contributed by atoms with Crippen LogP contribution in [-0.2, 0) is 15.0 Å². The topological polar surface area (TPSA) is 92.9 Å². The molecule has 0 aliphatic carbocycles. The number of carbonyl (C=O) groups is 2. The largest absolute Gasteiger partial charge is 0.507 e. The van der Waals surface area contributed by atoms with Gasteiger partial charge in [-0.3, -0.25) is 9.59 Å². The van der Waals surface area contributed by atoms with Crippen LogP contribution in [-0.4, -0.2) is 41.9 Å². The summed E-state index contributed by atoms with van der Waals surface area (Å²) in [6.07, 6.45) is 0.562. The minimum Gasteiger partial charge on any atom is -0.507 e. The first kappa shape index (κ1) is 22.6. The molecule has 6 heteroatoms. The van der Waals surface area contributed by atoms with Gasteiger partial charge in [-0.1, -0.05) is 45.0 Å². The Kier molecular flexibility index (Phi) is 6.51. The predicted molar refractivity (Wildman–Crippen MR) is 121 cm³/mol. The van der Waals surface area contributed by atoms with Crippen molar-refractivity contribution < 1.29 is 19.4 Å². The maximum Gasteiger partial charge on any atom is 0.295 e. The van der Waals surface area contributed by atoms with Gasteiger partial charge in [-0.25, -0.2) is 0 Å². The van der Waals surface area contributed by atoms with Crippen molar-refractivity contribution >= 4 is 17.4 Å². The zero-order valence-corrected chi connectivity index (χ0v) is 18.5. The van der Waals surface area contributed by atoms with Crippen LogP contribution in [0, 0.1) is 0 Å². The summed E-state index contributed by atoms with van der Waals surface area (Å²) >= 11 is 0. The fourth-order valence-electron chi connectivity index (χ4n) is 3.79. The Hall–Kier alpha value is -3.12. The first-order valence-corrected chi connectivity index (χ1v) is 10.4. The van der Waals surface area contributed by atoms with E-state index < -0.39 is 17.7 Å². The van der Waals surface area contributed by atoms with E-state index in [4.69, 9.17) is 10.5 Å². The molecule has 164 valence electrons. The van der Waals surface area contributed by atoms with Crippen molar-refractivity contribution in [1.29, 1.82) is 0 Å². The molecule has 0 saturated carbocycles. The maximum atomic E-state index is 13.0. The lowest BCUT2D eigenvalue weighted by molar-refractivity contribution is -0.139. The highest BCUT2D eigenvalue weighted by molar-refractivity contribution is 6.46. The van der Waals surface area contributed by atoms with Crippen LogP contribution in [0.15, 0.2) is 54.1 Å². The van der Waals surface area contributed by atoms with Gasteiger partial charge < -0.3 is 20.5 Å². The molecule has 0 aromatic heterocycles. The zero-order valence-electron chi connectivity index (χ0n) is 18.5. The third kappa shape index (κ3) is 4.49. The lowest BCUT2D eigenvalue weighted by Gasteiger charge is -2.26. The molecule has 0 radical (unpaired) electrons. The number of carbonyl (C=O) groups excluding carboxylic acids is 2. The summed E-state index contributed by atoms with van der Waals surface area (Å²) in [5.41, 5.74) is 8.10. The molecule has 2 aromatic rings. The highest BCUT2D eigenvalue weighted by Gasteiger charge is 2.45. The number of ether oxygens (including phenoxy) is 1. The van der Waals surface area contributed by atoms with Crippen molar-refractivity contribution in [3.8, 4) is 5.75 Å². The van der Waals surface area contributed by atoms with Crippen molar-refractivity contribution in [3.63, 3.8) is 0 Å². The first-order chi connectivity index (χ1) is 14.7. The summed E-state index contributed by atoms with van der Waals surface area (Å²) in [6.45, 7) is 7.11. The second-order valence-electron chi connectivity index (χ2n) is 8.74. The van der Waals surface area contributed by atoms with Crippen LogP contribution in [0.4, 0.5) is 0 Å². The number of amides is 1. The number of methoxy groups -OCH3 is 1. The molecule has 0 bridgehead atoms. The van der Waals surface area contributed by atoms with Crippen LogP contribution >= 0.6 is 0 Å². The summed E-state index contributed by atoms with van der Waals surface area (Å²) in [5.74, 6) is -0.862. The van der Waals surface area contributed by atoms with Crippen molar-refractivity contribution in [2.24, 2.45) is 5.73 Å². The Morgan fingerprint density at radius 2 is 1.68 bits per heavy atom. The number of rotatable bonds is 6. The smallest absolute Gasteiger partial charge is 0.295 e. The van der Waals surface area contributed by atoms with Crippen LogP contribution in [0.2, 0.25) is 0 Å². The van der Waals surface area contributed by atoms with E-state index in [0.717, 1.165) is 11.1 Å². The SMILES string of the molecule is COc1ccc(/C(O)=C2/C(=O)C(=O)N(CCCN)C2c2ccc(C(C)(C)C)cc2)cc1. The number of nitrogens with two attached hydrogens (primary N) is 1. The molecule has 1 aliphatic heterocycles. The molecule has 1 aliphatic rings. The molecule has 1 unspecified atom stereocenters. The van der Waals surface area contributed by atoms with E-state index in [1.807, 2.05) is 24.3 Å². The van der Waals surface area contributed by atoms with Crippen molar-refractivity contribution in [3.05, 3.63) is 70.8 Å². The molecule has 0 spiro atoms. The summed E-state index contributed by atoms with van der Waals surface area (Å²) < 4.78 is 5.16. The van der Waals surface area contributed by atoms with E-state index in [1.54, 1.807) is 31.4 Å². The van der Waals surface area contributed by atoms with Gasteiger partial charge in [0, 0.05) is 12.1 Å². The summed E-state index contributed by atoms with van der Waals surface area (Å²) in [5, 5.41) is 11.0. The zero-order chi connectivity index (χ0) is 22.8. The van der Waals surface area contributed by atoms with E-state index in [0.29, 0.717) is 30.8 Å². The number of hydrogen-bond donors (Lipinski definition) is 2. The third-order valence-corrected chi connectivity index (χ3v) is 5.60. The molecule has 3 rings (SSSR count). The van der Waals surface area contributed by atoms with Crippen LogP contribution in [0.5, 0.6) is 5.75 Å². The predicted octanol–water partition coefficient (Wildman–Crippen LogP) is 3.76. The number of aliphatic hydroxyl groups is 1. The van der Waals surface area contributed by atoms with Crippen molar-refractivity contribution in [2.45, 2.75) is 38.6 Å². The summed E-state index contributed by atoms with van der Waals surface area (Å²) in [4.78, 5) is 27.3. The Morgan fingerprint density at radius 3 is 2.19 bits per heavy atom. The van der Waals surface area contributed by atoms with E-state index in [2.05, 4.69) is 20.8 Å². The van der Waals surface area contributed by atoms with Crippen molar-refractivity contribution in [1.82, 2.24) is 4.90 Å². The van der Waals surface area contributed by atoms with E-state index in [1.165, 1.54) is 4.90 Å². The second kappa shape index (κ2) is 8.94. The number of nitrogens with zero attached hydrogens (tertiary/aromatic N) is 1. The average molecular weight is 423 g/mol. The molecule has 1 heterocycles. The molecule has 3 N–H and O–H groups in total. The fourth-order valence-corrected chi connectivity index (χ4v) is 3.79. The Balaban J connectivity index is 2.12. The number of ketones is 1. The lowest BCUT2D eigenvalue weighted by atomic mass is 9.85. The maximum absolute atomic E-state index is 13.0. The molecule has 1 fully saturated rings. The van der Waals surface area contributed by atoms with Gasteiger partial charge >= 0.3 is 0 Å². The fraction of sp³-hybridized carbons (Fsp3) is 0.360. The average Bonchev–Trinajstić information content (AvgIpc) is 3.01. The normalized spacial score (nSPS) is 18.5. The minimum atomic E-state index is -0.685. The lowest BCUT2D eigenvalue weighted by Crippen LogP contribution is -2.31. The van der Waals surface area contributed by atoms with Crippen LogP contribution in [0.1, 0.15) is 49.9 Å². The van der Waals surface area contributed by atoms with Crippen LogP contribution in [0.3, 0.4) is 0 Å². The number of benzene rings is 2. The highest BCUT2D eigenvalue weighted by atomic mass is 16.5. The first-order valence-electron chi connectivity index (χ1n) is 10.4. The van der Waals surface area contributed by atoms with Gasteiger partial charge in [-0.05, 0) is 53.8 Å². The molecule has 31 heavy (non-hydrogen) atoms. The second-order valence-corrected chi connectivity index (χ2v) is 8.74. The van der Waals surface area contributed by atoms with Crippen LogP contribution in [0.25, 0.3) is 5.76 Å². The van der Waals surface area contributed by atoms with E-state index in [-0.39, 0.29) is 16.7 Å². The van der Waals surface area contributed by atoms with Crippen molar-refractivity contribution in [2.75, 3.05) is 20.2 Å². The summed E-state index contributed by atoms with van der Waals surface area (Å²) in [6, 6.07) is 13.9. The molecule has 6 nitrogen and oxygen atoms in total. The molecular weight excluding hydrogens is 392 g/mol. The monoisotopic (exact) mass is 422 g/mol. The molecule has 2 aromatic carbocycles. The third-order valence-electron chi connectivity index (χ3n) is 5.60. The van der Waals surface area contributed by atoms with Gasteiger partial charge in [-0.2, -0.15) is 0 Å². The molecular formula is C25H30N2O4. The van der Waals surface area contributed by atoms with Gasteiger partial charge in [0.2, 0.25) is 0 Å².